The number of amides is 2. The molecular formula is C37H49N5O5S. The van der Waals surface area contributed by atoms with Crippen molar-refractivity contribution in [3.05, 3.63) is 58.7 Å². The number of hydrogen-bond donors (Lipinski definition) is 1. The highest BCUT2D eigenvalue weighted by molar-refractivity contribution is 7.87. The molecule has 2 amide bonds. The Kier molecular flexibility index (Phi) is 7.84. The van der Waals surface area contributed by atoms with Crippen LogP contribution >= 0.6 is 0 Å². The molecule has 258 valence electrons. The Morgan fingerprint density at radius 1 is 1.06 bits per heavy atom. The van der Waals surface area contributed by atoms with Crippen LogP contribution < -0.4 is 9.46 Å². The number of carbonyl (C=O) groups excluding carboxylic acids is 2. The molecule has 1 aromatic carbocycles. The molecule has 2 saturated heterocycles. The Labute approximate surface area is 285 Å². The van der Waals surface area contributed by atoms with E-state index >= 15 is 4.79 Å². The number of ether oxygens (including phenoxy) is 1. The number of methoxy groups -OCH3 is 1. The van der Waals surface area contributed by atoms with Crippen LogP contribution in [0.25, 0.3) is 5.70 Å². The number of nitrogens with one attached hydrogen (secondary N) is 1. The van der Waals surface area contributed by atoms with E-state index in [-0.39, 0.29) is 29.8 Å². The molecule has 11 heteroatoms. The first-order chi connectivity index (χ1) is 23.0. The summed E-state index contributed by atoms with van der Waals surface area (Å²) in [4.78, 5) is 35.6. The molecular weight excluding hydrogens is 627 g/mol. The van der Waals surface area contributed by atoms with Gasteiger partial charge in [0.05, 0.1) is 18.6 Å². The van der Waals surface area contributed by atoms with E-state index in [1.165, 1.54) is 62.2 Å². The first-order valence-electron chi connectivity index (χ1n) is 17.9. The fourth-order valence-electron chi connectivity index (χ4n) is 10.1. The molecule has 2 saturated carbocycles. The molecule has 0 radical (unpaired) electrons. The lowest BCUT2D eigenvalue weighted by molar-refractivity contribution is -0.142. The van der Waals surface area contributed by atoms with E-state index in [9.17, 15) is 13.2 Å². The molecule has 0 bridgehead atoms. The molecule has 3 aliphatic carbocycles. The number of fused-ring (bicyclic) bond motifs is 8. The van der Waals surface area contributed by atoms with E-state index < -0.39 is 21.5 Å². The molecule has 4 unspecified atom stereocenters. The average molecular weight is 676 g/mol. The maximum atomic E-state index is 15.1. The zero-order valence-corrected chi connectivity index (χ0v) is 29.5. The highest BCUT2D eigenvalue weighted by Gasteiger charge is 2.66. The van der Waals surface area contributed by atoms with Gasteiger partial charge in [-0.2, -0.15) is 12.7 Å². The zero-order valence-electron chi connectivity index (χ0n) is 28.7. The molecule has 4 heterocycles. The molecule has 1 aromatic rings. The van der Waals surface area contributed by atoms with E-state index in [1.54, 1.807) is 13.2 Å². The van der Waals surface area contributed by atoms with Crippen molar-refractivity contribution in [2.75, 3.05) is 54.4 Å². The third kappa shape index (κ3) is 5.05. The predicted octanol–water partition coefficient (Wildman–Crippen LogP) is 3.75. The van der Waals surface area contributed by atoms with Crippen LogP contribution in [0.3, 0.4) is 0 Å². The summed E-state index contributed by atoms with van der Waals surface area (Å²) in [5, 5.41) is 0. The summed E-state index contributed by atoms with van der Waals surface area (Å²) >= 11 is 0. The van der Waals surface area contributed by atoms with Crippen molar-refractivity contribution < 1.29 is 22.7 Å². The highest BCUT2D eigenvalue weighted by Crippen LogP contribution is 2.67. The van der Waals surface area contributed by atoms with Crippen LogP contribution in [0.15, 0.2) is 47.6 Å². The normalized spacial score (nSPS) is 32.9. The van der Waals surface area contributed by atoms with Gasteiger partial charge in [-0.1, -0.05) is 31.4 Å². The van der Waals surface area contributed by atoms with Crippen LogP contribution in [-0.4, -0.2) is 106 Å². The van der Waals surface area contributed by atoms with Gasteiger partial charge in [-0.25, -0.2) is 4.72 Å². The summed E-state index contributed by atoms with van der Waals surface area (Å²) in [7, 11) is 2.73. The van der Waals surface area contributed by atoms with Crippen molar-refractivity contribution in [3.8, 4) is 5.75 Å². The number of hydrogen-bond acceptors (Lipinski definition) is 7. The van der Waals surface area contributed by atoms with Crippen LogP contribution in [0.1, 0.15) is 68.4 Å². The lowest BCUT2D eigenvalue weighted by Gasteiger charge is -2.41. The molecule has 8 rings (SSSR count). The maximum absolute atomic E-state index is 15.1. The fourth-order valence-corrected chi connectivity index (χ4v) is 10.6. The molecule has 6 atom stereocenters. The van der Waals surface area contributed by atoms with E-state index in [1.807, 2.05) is 12.1 Å². The molecule has 48 heavy (non-hydrogen) atoms. The first kappa shape index (κ1) is 32.1. The summed E-state index contributed by atoms with van der Waals surface area (Å²) in [5.41, 5.74) is 4.79. The molecule has 4 fully saturated rings. The van der Waals surface area contributed by atoms with Crippen LogP contribution in [0.4, 0.5) is 0 Å². The second kappa shape index (κ2) is 11.7. The summed E-state index contributed by atoms with van der Waals surface area (Å²) < 4.78 is 34.2. The number of likely N-dealkylation sites (tertiary alicyclic amines) is 2. The monoisotopic (exact) mass is 675 g/mol. The highest BCUT2D eigenvalue weighted by atomic mass is 32.2. The van der Waals surface area contributed by atoms with Crippen molar-refractivity contribution in [2.45, 2.75) is 69.4 Å². The Hall–Kier alpha value is -3.15. The van der Waals surface area contributed by atoms with Gasteiger partial charge in [0, 0.05) is 75.0 Å². The third-order valence-corrected chi connectivity index (χ3v) is 14.0. The molecule has 0 aromatic heterocycles. The van der Waals surface area contributed by atoms with Crippen molar-refractivity contribution in [1.29, 1.82) is 0 Å². The van der Waals surface area contributed by atoms with Gasteiger partial charge < -0.3 is 19.4 Å². The summed E-state index contributed by atoms with van der Waals surface area (Å²) in [5.74, 6) is 1.53. The fraction of sp³-hybridized carbons (Fsp3) is 0.622. The number of carbonyl (C=O) groups is 2. The minimum Gasteiger partial charge on any atom is -0.497 e. The van der Waals surface area contributed by atoms with Gasteiger partial charge in [0.2, 0.25) is 5.91 Å². The van der Waals surface area contributed by atoms with Crippen molar-refractivity contribution in [3.63, 3.8) is 0 Å². The molecule has 4 aliphatic heterocycles. The van der Waals surface area contributed by atoms with Crippen molar-refractivity contribution >= 4 is 27.7 Å². The number of likely N-dealkylation sites (N-methyl/N-ethyl adjacent to an activating group) is 1. The maximum Gasteiger partial charge on any atom is 0.303 e. The SMILES string of the molecule is COc1ccc2c(c1)C1CC1(C(=O)N1CCC[C@H]3CN(C)C[C@H]31)CN1C2=C(C2CCCCC2)C2C=CC(C(=O)NS(=O)(=O)N(C)C)=CC21. The predicted molar refractivity (Wildman–Crippen MR) is 184 cm³/mol. The van der Waals surface area contributed by atoms with E-state index in [0.717, 1.165) is 55.4 Å². The molecule has 0 spiro atoms. The average Bonchev–Trinajstić information content (AvgIpc) is 3.58. The van der Waals surface area contributed by atoms with Crippen molar-refractivity contribution in [2.24, 2.45) is 23.2 Å². The topological polar surface area (TPSA) is 102 Å². The smallest absolute Gasteiger partial charge is 0.303 e. The minimum absolute atomic E-state index is 0.0466. The summed E-state index contributed by atoms with van der Waals surface area (Å²) in [6.07, 6.45) is 14.8. The van der Waals surface area contributed by atoms with Gasteiger partial charge in [-0.3, -0.25) is 9.59 Å². The Morgan fingerprint density at radius 3 is 2.60 bits per heavy atom. The second-order valence-electron chi connectivity index (χ2n) is 15.5. The van der Waals surface area contributed by atoms with E-state index in [0.29, 0.717) is 24.0 Å². The Bertz CT molecular complexity index is 1730. The first-order valence-corrected chi connectivity index (χ1v) is 19.3. The standard InChI is InChI=1S/C37H49N5O5S/c1-39(2)48(45,46)38-35(43)24-12-14-28-31(17-24)42-22-37(36(44)41-16-8-11-25-20-40(3)21-32(25)41)19-30(37)29-18-26(47-4)13-15-27(29)34(42)33(28)23-9-6-5-7-10-23/h12-15,17-18,23,25,28,30-32H,5-11,16,19-22H2,1-4H3,(H,38,43)/t25-,28?,30?,31?,32+,37?/m0/s1. The van der Waals surface area contributed by atoms with Crippen LogP contribution in [0, 0.1) is 23.2 Å². The third-order valence-electron chi connectivity index (χ3n) is 12.6. The number of benzene rings is 1. The van der Waals surface area contributed by atoms with E-state index in [2.05, 4.69) is 44.7 Å². The Balaban J connectivity index is 1.24. The number of nitrogens with zero attached hydrogens (tertiary/aromatic N) is 4. The summed E-state index contributed by atoms with van der Waals surface area (Å²) in [6, 6.07) is 6.48. The molecule has 7 aliphatic rings. The van der Waals surface area contributed by atoms with Gasteiger partial charge in [0.25, 0.3) is 5.91 Å². The zero-order chi connectivity index (χ0) is 33.5. The summed E-state index contributed by atoms with van der Waals surface area (Å²) in [6.45, 7) is 3.36. The second-order valence-corrected chi connectivity index (χ2v) is 17.4. The van der Waals surface area contributed by atoms with Gasteiger partial charge in [0.1, 0.15) is 5.75 Å². The number of rotatable bonds is 6. The van der Waals surface area contributed by atoms with Gasteiger partial charge in [-0.15, -0.1) is 0 Å². The lowest BCUT2D eigenvalue weighted by atomic mass is 9.75. The molecule has 10 nitrogen and oxygen atoms in total. The van der Waals surface area contributed by atoms with Gasteiger partial charge in [0.15, 0.2) is 0 Å². The quantitative estimate of drug-likeness (QED) is 0.491. The van der Waals surface area contributed by atoms with Gasteiger partial charge >= 0.3 is 10.2 Å². The largest absolute Gasteiger partial charge is 0.497 e. The van der Waals surface area contributed by atoms with E-state index in [4.69, 9.17) is 4.74 Å². The number of piperidine rings is 1. The Morgan fingerprint density at radius 2 is 1.85 bits per heavy atom. The van der Waals surface area contributed by atoms with Gasteiger partial charge in [-0.05, 0) is 86.4 Å². The van der Waals surface area contributed by atoms with Crippen molar-refractivity contribution in [1.82, 2.24) is 23.7 Å². The molecule has 1 N–H and O–H groups in total. The lowest BCUT2D eigenvalue weighted by Crippen LogP contribution is -2.53. The van der Waals surface area contributed by atoms with Crippen LogP contribution in [0.5, 0.6) is 5.75 Å². The van der Waals surface area contributed by atoms with Crippen LogP contribution in [-0.2, 0) is 19.8 Å². The van der Waals surface area contributed by atoms with Crippen LogP contribution in [0.2, 0.25) is 0 Å². The minimum atomic E-state index is -3.95.